The van der Waals surface area contributed by atoms with Gasteiger partial charge in [0.15, 0.2) is 12.2 Å². The maximum Gasteiger partial charge on any atom is 0.233 e. The molecule has 0 bridgehead atoms. The third-order valence-corrected chi connectivity index (χ3v) is 3.43. The molecule has 0 aliphatic heterocycles. The van der Waals surface area contributed by atoms with E-state index in [1.807, 2.05) is 30.3 Å². The number of hydrogen-bond donors (Lipinski definition) is 1. The highest BCUT2D eigenvalue weighted by molar-refractivity contribution is 5.73. The second-order valence-electron chi connectivity index (χ2n) is 4.90. The Morgan fingerprint density at radius 3 is 2.57 bits per heavy atom. The van der Waals surface area contributed by atoms with E-state index in [4.69, 9.17) is 14.9 Å². The Morgan fingerprint density at radius 2 is 1.86 bits per heavy atom. The molecule has 4 nitrogen and oxygen atoms in total. The van der Waals surface area contributed by atoms with Crippen LogP contribution in [0.5, 0.6) is 5.75 Å². The Labute approximate surface area is 123 Å². The normalized spacial score (nSPS) is 11.0. The molecule has 0 radical (unpaired) electrons. The van der Waals surface area contributed by atoms with Crippen LogP contribution >= 0.6 is 0 Å². The standard InChI is InChI=1S/C17H18N2O2/c1-2-12-3-6-14(7-4-12)20-11-17-19-15-8-5-13(10-18)9-16(15)21-17/h3-9H,2,10-11,18H2,1H3. The number of aryl methyl sites for hydroxylation is 1. The highest BCUT2D eigenvalue weighted by Gasteiger charge is 2.07. The zero-order valence-electron chi connectivity index (χ0n) is 12.0. The van der Waals surface area contributed by atoms with Crippen LogP contribution < -0.4 is 10.5 Å². The van der Waals surface area contributed by atoms with Crippen molar-refractivity contribution in [3.05, 3.63) is 59.5 Å². The van der Waals surface area contributed by atoms with E-state index in [1.54, 1.807) is 0 Å². The molecule has 0 aliphatic rings. The number of ether oxygens (including phenoxy) is 1. The van der Waals surface area contributed by atoms with Gasteiger partial charge >= 0.3 is 0 Å². The average Bonchev–Trinajstić information content (AvgIpc) is 2.95. The number of aromatic nitrogens is 1. The van der Waals surface area contributed by atoms with Crippen molar-refractivity contribution in [2.24, 2.45) is 5.73 Å². The van der Waals surface area contributed by atoms with Crippen molar-refractivity contribution in [3.8, 4) is 5.75 Å². The fraction of sp³-hybridized carbons (Fsp3) is 0.235. The largest absolute Gasteiger partial charge is 0.484 e. The van der Waals surface area contributed by atoms with Crippen molar-refractivity contribution in [1.29, 1.82) is 0 Å². The van der Waals surface area contributed by atoms with Crippen LogP contribution in [0.4, 0.5) is 0 Å². The first kappa shape index (κ1) is 13.6. The Hall–Kier alpha value is -2.33. The first-order valence-corrected chi connectivity index (χ1v) is 7.08. The van der Waals surface area contributed by atoms with Crippen molar-refractivity contribution >= 4 is 11.1 Å². The zero-order chi connectivity index (χ0) is 14.7. The smallest absolute Gasteiger partial charge is 0.233 e. The van der Waals surface area contributed by atoms with Crippen LogP contribution in [0.25, 0.3) is 11.1 Å². The molecule has 0 saturated heterocycles. The fourth-order valence-corrected chi connectivity index (χ4v) is 2.17. The second kappa shape index (κ2) is 5.97. The maximum absolute atomic E-state index is 5.70. The van der Waals surface area contributed by atoms with Gasteiger partial charge in [-0.1, -0.05) is 25.1 Å². The summed E-state index contributed by atoms with van der Waals surface area (Å²) in [6.07, 6.45) is 1.02. The van der Waals surface area contributed by atoms with Gasteiger partial charge in [0.1, 0.15) is 11.3 Å². The average molecular weight is 282 g/mol. The zero-order valence-corrected chi connectivity index (χ0v) is 12.0. The van der Waals surface area contributed by atoms with Gasteiger partial charge < -0.3 is 14.9 Å². The summed E-state index contributed by atoms with van der Waals surface area (Å²) in [6, 6.07) is 13.9. The molecule has 21 heavy (non-hydrogen) atoms. The van der Waals surface area contributed by atoms with Crippen LogP contribution in [0.1, 0.15) is 23.9 Å². The molecule has 4 heteroatoms. The van der Waals surface area contributed by atoms with Crippen molar-refractivity contribution in [2.45, 2.75) is 26.5 Å². The summed E-state index contributed by atoms with van der Waals surface area (Å²) in [5.41, 5.74) is 9.51. The van der Waals surface area contributed by atoms with Crippen LogP contribution in [0.2, 0.25) is 0 Å². The van der Waals surface area contributed by atoms with Gasteiger partial charge in [-0.25, -0.2) is 4.98 Å². The first-order chi connectivity index (χ1) is 10.3. The summed E-state index contributed by atoms with van der Waals surface area (Å²) in [5, 5.41) is 0. The molecule has 0 spiro atoms. The van der Waals surface area contributed by atoms with Gasteiger partial charge in [0.2, 0.25) is 5.89 Å². The van der Waals surface area contributed by atoms with Crippen LogP contribution in [0.15, 0.2) is 46.9 Å². The third kappa shape index (κ3) is 3.06. The van der Waals surface area contributed by atoms with Crippen molar-refractivity contribution < 1.29 is 9.15 Å². The van der Waals surface area contributed by atoms with Gasteiger partial charge in [0.25, 0.3) is 0 Å². The Balaban J connectivity index is 1.72. The van der Waals surface area contributed by atoms with Gasteiger partial charge in [-0.15, -0.1) is 0 Å². The molecule has 0 atom stereocenters. The monoisotopic (exact) mass is 282 g/mol. The van der Waals surface area contributed by atoms with Crippen LogP contribution in [-0.2, 0) is 19.6 Å². The lowest BCUT2D eigenvalue weighted by Gasteiger charge is -2.04. The van der Waals surface area contributed by atoms with E-state index in [2.05, 4.69) is 24.0 Å². The number of hydrogen-bond acceptors (Lipinski definition) is 4. The van der Waals surface area contributed by atoms with E-state index in [-0.39, 0.29) is 0 Å². The highest BCUT2D eigenvalue weighted by Crippen LogP contribution is 2.19. The molecule has 0 aliphatic carbocycles. The summed E-state index contributed by atoms with van der Waals surface area (Å²) in [4.78, 5) is 4.40. The predicted molar refractivity (Wildman–Crippen MR) is 82.1 cm³/mol. The summed E-state index contributed by atoms with van der Waals surface area (Å²) in [5.74, 6) is 1.39. The molecule has 0 saturated carbocycles. The minimum atomic E-state index is 0.318. The molecule has 3 aromatic rings. The van der Waals surface area contributed by atoms with Crippen molar-refractivity contribution in [1.82, 2.24) is 4.98 Å². The Bertz CT molecular complexity index is 732. The Morgan fingerprint density at radius 1 is 1.10 bits per heavy atom. The molecular weight excluding hydrogens is 264 g/mol. The summed E-state index contributed by atoms with van der Waals surface area (Å²) in [7, 11) is 0. The molecule has 108 valence electrons. The molecule has 0 fully saturated rings. The summed E-state index contributed by atoms with van der Waals surface area (Å²) < 4.78 is 11.4. The van der Waals surface area contributed by atoms with Gasteiger partial charge in [-0.3, -0.25) is 0 Å². The SMILES string of the molecule is CCc1ccc(OCc2nc3ccc(CN)cc3o2)cc1. The van der Waals surface area contributed by atoms with E-state index < -0.39 is 0 Å². The van der Waals surface area contributed by atoms with Crippen molar-refractivity contribution in [3.63, 3.8) is 0 Å². The molecule has 2 aromatic carbocycles. The van der Waals surface area contributed by atoms with Crippen LogP contribution in [-0.4, -0.2) is 4.98 Å². The van der Waals surface area contributed by atoms with Crippen LogP contribution in [0, 0.1) is 0 Å². The van der Waals surface area contributed by atoms with Gasteiger partial charge in [-0.2, -0.15) is 0 Å². The number of oxazole rings is 1. The minimum Gasteiger partial charge on any atom is -0.484 e. The lowest BCUT2D eigenvalue weighted by molar-refractivity contribution is 0.267. The van der Waals surface area contributed by atoms with Gasteiger partial charge in [0, 0.05) is 6.54 Å². The van der Waals surface area contributed by atoms with Crippen molar-refractivity contribution in [2.75, 3.05) is 0 Å². The topological polar surface area (TPSA) is 61.3 Å². The van der Waals surface area contributed by atoms with E-state index >= 15 is 0 Å². The third-order valence-electron chi connectivity index (χ3n) is 3.43. The lowest BCUT2D eigenvalue weighted by Crippen LogP contribution is -1.95. The fourth-order valence-electron chi connectivity index (χ4n) is 2.17. The summed E-state index contributed by atoms with van der Waals surface area (Å²) in [6.45, 7) is 2.94. The summed E-state index contributed by atoms with van der Waals surface area (Å²) >= 11 is 0. The molecule has 1 heterocycles. The molecule has 1 aromatic heterocycles. The number of nitrogens with zero attached hydrogens (tertiary/aromatic N) is 1. The Kier molecular flexibility index (Phi) is 3.88. The van der Waals surface area contributed by atoms with Gasteiger partial charge in [-0.05, 0) is 41.8 Å². The molecule has 2 N–H and O–H groups in total. The van der Waals surface area contributed by atoms with E-state index in [1.165, 1.54) is 5.56 Å². The molecule has 0 unspecified atom stereocenters. The van der Waals surface area contributed by atoms with E-state index in [9.17, 15) is 0 Å². The first-order valence-electron chi connectivity index (χ1n) is 7.08. The maximum atomic E-state index is 5.70. The molecule has 3 rings (SSSR count). The number of nitrogens with two attached hydrogens (primary N) is 1. The predicted octanol–water partition coefficient (Wildman–Crippen LogP) is 3.43. The van der Waals surface area contributed by atoms with E-state index in [0.717, 1.165) is 28.8 Å². The molecular formula is C17H18N2O2. The number of rotatable bonds is 5. The number of fused-ring (bicyclic) bond motifs is 1. The number of benzene rings is 2. The second-order valence-corrected chi connectivity index (χ2v) is 4.90. The highest BCUT2D eigenvalue weighted by atomic mass is 16.5. The quantitative estimate of drug-likeness (QED) is 0.778. The molecule has 0 amide bonds. The minimum absolute atomic E-state index is 0.318. The van der Waals surface area contributed by atoms with Gasteiger partial charge in [0.05, 0.1) is 0 Å². The van der Waals surface area contributed by atoms with E-state index in [0.29, 0.717) is 19.0 Å². The van der Waals surface area contributed by atoms with Crippen LogP contribution in [0.3, 0.4) is 0 Å². The lowest BCUT2D eigenvalue weighted by atomic mass is 10.2.